The summed E-state index contributed by atoms with van der Waals surface area (Å²) in [5.41, 5.74) is 0.510. The first kappa shape index (κ1) is 20.9. The first-order valence-electron chi connectivity index (χ1n) is 8.90. The Morgan fingerprint density at radius 2 is 1.90 bits per heavy atom. The Bertz CT molecular complexity index is 982. The van der Waals surface area contributed by atoms with E-state index >= 15 is 0 Å². The van der Waals surface area contributed by atoms with Crippen molar-refractivity contribution in [3.05, 3.63) is 65.2 Å². The van der Waals surface area contributed by atoms with Gasteiger partial charge in [0.15, 0.2) is 0 Å². The zero-order valence-electron chi connectivity index (χ0n) is 15.8. The molecule has 0 fully saturated rings. The lowest BCUT2D eigenvalue weighted by molar-refractivity contribution is -0.137. The van der Waals surface area contributed by atoms with Crippen molar-refractivity contribution < 1.29 is 22.7 Å². The van der Waals surface area contributed by atoms with Crippen molar-refractivity contribution in [1.29, 1.82) is 0 Å². The SMILES string of the molecule is CC(C)COc1cccc(-c2nc(C(=O)Nc3ccc(C(F)(F)F)cc3)cs2)c1. The normalized spacial score (nSPS) is 11.5. The highest BCUT2D eigenvalue weighted by Gasteiger charge is 2.30. The van der Waals surface area contributed by atoms with Crippen molar-refractivity contribution in [2.45, 2.75) is 20.0 Å². The van der Waals surface area contributed by atoms with Gasteiger partial charge in [-0.25, -0.2) is 4.98 Å². The molecule has 1 N–H and O–H groups in total. The third-order valence-corrected chi connectivity index (χ3v) is 4.76. The van der Waals surface area contributed by atoms with Gasteiger partial charge in [0.2, 0.25) is 0 Å². The van der Waals surface area contributed by atoms with Crippen molar-refractivity contribution in [1.82, 2.24) is 4.98 Å². The van der Waals surface area contributed by atoms with Crippen LogP contribution in [0.5, 0.6) is 5.75 Å². The largest absolute Gasteiger partial charge is 0.493 e. The van der Waals surface area contributed by atoms with Crippen LogP contribution in [0.15, 0.2) is 53.9 Å². The van der Waals surface area contributed by atoms with Crippen LogP contribution in [0.25, 0.3) is 10.6 Å². The summed E-state index contributed by atoms with van der Waals surface area (Å²) >= 11 is 1.30. The summed E-state index contributed by atoms with van der Waals surface area (Å²) in [4.78, 5) is 16.7. The predicted molar refractivity (Wildman–Crippen MR) is 107 cm³/mol. The van der Waals surface area contributed by atoms with Gasteiger partial charge in [0, 0.05) is 16.6 Å². The third kappa shape index (κ3) is 5.57. The fraction of sp³-hybridized carbons (Fsp3) is 0.238. The minimum atomic E-state index is -4.42. The van der Waals surface area contributed by atoms with Gasteiger partial charge in [-0.05, 0) is 42.3 Å². The monoisotopic (exact) mass is 420 g/mol. The highest BCUT2D eigenvalue weighted by atomic mass is 32.1. The van der Waals surface area contributed by atoms with Crippen LogP contribution in [0, 0.1) is 5.92 Å². The molecule has 0 aliphatic carbocycles. The maximum Gasteiger partial charge on any atom is 0.416 e. The second-order valence-corrected chi connectivity index (χ2v) is 7.66. The number of benzene rings is 2. The summed E-state index contributed by atoms with van der Waals surface area (Å²) in [6.07, 6.45) is -4.42. The Hall–Kier alpha value is -2.87. The number of thiazole rings is 1. The molecule has 4 nitrogen and oxygen atoms in total. The zero-order valence-corrected chi connectivity index (χ0v) is 16.6. The van der Waals surface area contributed by atoms with Crippen molar-refractivity contribution in [2.24, 2.45) is 5.92 Å². The smallest absolute Gasteiger partial charge is 0.416 e. The van der Waals surface area contributed by atoms with Gasteiger partial charge >= 0.3 is 6.18 Å². The van der Waals surface area contributed by atoms with Gasteiger partial charge in [0.1, 0.15) is 16.5 Å². The number of rotatable bonds is 6. The minimum Gasteiger partial charge on any atom is -0.493 e. The van der Waals surface area contributed by atoms with E-state index < -0.39 is 17.6 Å². The van der Waals surface area contributed by atoms with Crippen LogP contribution in [0.2, 0.25) is 0 Å². The van der Waals surface area contributed by atoms with E-state index in [2.05, 4.69) is 24.1 Å². The number of hydrogen-bond donors (Lipinski definition) is 1. The molecule has 1 aromatic heterocycles. The number of nitrogens with one attached hydrogen (secondary N) is 1. The average molecular weight is 420 g/mol. The molecule has 0 radical (unpaired) electrons. The Kier molecular flexibility index (Phi) is 6.22. The van der Waals surface area contributed by atoms with E-state index in [-0.39, 0.29) is 11.4 Å². The Morgan fingerprint density at radius 3 is 2.55 bits per heavy atom. The molecule has 0 saturated heterocycles. The van der Waals surface area contributed by atoms with Crippen molar-refractivity contribution in [2.75, 3.05) is 11.9 Å². The molecule has 3 rings (SSSR count). The van der Waals surface area contributed by atoms with E-state index in [4.69, 9.17) is 4.74 Å². The molecule has 152 valence electrons. The van der Waals surface area contributed by atoms with Gasteiger partial charge in [-0.1, -0.05) is 26.0 Å². The Morgan fingerprint density at radius 1 is 1.17 bits per heavy atom. The van der Waals surface area contributed by atoms with Crippen molar-refractivity contribution >= 4 is 22.9 Å². The van der Waals surface area contributed by atoms with Gasteiger partial charge in [-0.3, -0.25) is 4.79 Å². The molecule has 0 aliphatic rings. The highest BCUT2D eigenvalue weighted by molar-refractivity contribution is 7.13. The number of nitrogens with zero attached hydrogens (tertiary/aromatic N) is 1. The zero-order chi connectivity index (χ0) is 21.0. The van der Waals surface area contributed by atoms with E-state index in [1.165, 1.54) is 23.5 Å². The maximum absolute atomic E-state index is 12.6. The number of carbonyl (C=O) groups is 1. The van der Waals surface area contributed by atoms with Crippen LogP contribution in [-0.4, -0.2) is 17.5 Å². The lowest BCUT2D eigenvalue weighted by Gasteiger charge is -2.09. The molecule has 1 heterocycles. The number of anilines is 1. The van der Waals surface area contributed by atoms with Gasteiger partial charge < -0.3 is 10.1 Å². The van der Waals surface area contributed by atoms with Gasteiger partial charge in [0.25, 0.3) is 5.91 Å². The molecule has 0 bridgehead atoms. The molecular weight excluding hydrogens is 401 g/mol. The van der Waals surface area contributed by atoms with Gasteiger partial charge in [-0.15, -0.1) is 11.3 Å². The van der Waals surface area contributed by atoms with Crippen LogP contribution < -0.4 is 10.1 Å². The van der Waals surface area contributed by atoms with Crippen molar-refractivity contribution in [3.63, 3.8) is 0 Å². The van der Waals surface area contributed by atoms with Crippen LogP contribution in [-0.2, 0) is 6.18 Å². The first-order valence-corrected chi connectivity index (χ1v) is 9.77. The summed E-state index contributed by atoms with van der Waals surface area (Å²) in [6.45, 7) is 4.72. The van der Waals surface area contributed by atoms with E-state index in [1.54, 1.807) is 5.38 Å². The van der Waals surface area contributed by atoms with E-state index in [1.807, 2.05) is 24.3 Å². The van der Waals surface area contributed by atoms with E-state index in [9.17, 15) is 18.0 Å². The number of aromatic nitrogens is 1. The quantitative estimate of drug-likeness (QED) is 0.523. The van der Waals surface area contributed by atoms with Gasteiger partial charge in [0.05, 0.1) is 12.2 Å². The number of carbonyl (C=O) groups excluding carboxylic acids is 1. The summed E-state index contributed by atoms with van der Waals surface area (Å²) < 4.78 is 43.6. The lowest BCUT2D eigenvalue weighted by atomic mass is 10.2. The van der Waals surface area contributed by atoms with E-state index in [0.717, 1.165) is 23.4 Å². The molecule has 0 unspecified atom stereocenters. The number of halogens is 3. The predicted octanol–water partition coefficient (Wildman–Crippen LogP) is 6.12. The second-order valence-electron chi connectivity index (χ2n) is 6.80. The number of amides is 1. The van der Waals surface area contributed by atoms with Crippen LogP contribution in [0.4, 0.5) is 18.9 Å². The molecule has 29 heavy (non-hydrogen) atoms. The number of ether oxygens (including phenoxy) is 1. The molecule has 3 aromatic rings. The summed E-state index contributed by atoms with van der Waals surface area (Å²) in [5, 5.41) is 4.82. The van der Waals surface area contributed by atoms with Crippen molar-refractivity contribution in [3.8, 4) is 16.3 Å². The van der Waals surface area contributed by atoms with E-state index in [0.29, 0.717) is 17.5 Å². The van der Waals surface area contributed by atoms with Crippen LogP contribution in [0.1, 0.15) is 29.9 Å². The minimum absolute atomic E-state index is 0.193. The number of hydrogen-bond acceptors (Lipinski definition) is 4. The molecule has 0 spiro atoms. The van der Waals surface area contributed by atoms with Crippen LogP contribution >= 0.6 is 11.3 Å². The maximum atomic E-state index is 12.6. The molecule has 8 heteroatoms. The average Bonchev–Trinajstić information content (AvgIpc) is 3.17. The van der Waals surface area contributed by atoms with Crippen LogP contribution in [0.3, 0.4) is 0 Å². The Balaban J connectivity index is 1.69. The summed E-state index contributed by atoms with van der Waals surface area (Å²) in [5.74, 6) is 0.639. The molecule has 0 saturated carbocycles. The highest BCUT2D eigenvalue weighted by Crippen LogP contribution is 2.30. The molecule has 0 aliphatic heterocycles. The Labute approximate surface area is 170 Å². The third-order valence-electron chi connectivity index (χ3n) is 3.87. The summed E-state index contributed by atoms with van der Waals surface area (Å²) in [6, 6.07) is 11.7. The summed E-state index contributed by atoms with van der Waals surface area (Å²) in [7, 11) is 0. The topological polar surface area (TPSA) is 51.2 Å². The fourth-order valence-electron chi connectivity index (χ4n) is 2.43. The fourth-order valence-corrected chi connectivity index (χ4v) is 3.23. The first-order chi connectivity index (χ1) is 13.7. The molecule has 2 aromatic carbocycles. The van der Waals surface area contributed by atoms with Gasteiger partial charge in [-0.2, -0.15) is 13.2 Å². The second kappa shape index (κ2) is 8.65. The molecule has 1 amide bonds. The molecule has 0 atom stereocenters. The lowest BCUT2D eigenvalue weighted by Crippen LogP contribution is -2.12. The molecular formula is C21H19F3N2O2S. The number of alkyl halides is 3. The standard InChI is InChI=1S/C21H19F3N2O2S/c1-13(2)11-28-17-5-3-4-14(10-17)20-26-18(12-29-20)19(27)25-16-8-6-15(7-9-16)21(22,23)24/h3-10,12-13H,11H2,1-2H3,(H,25,27).